The maximum absolute atomic E-state index is 10.7. The molecule has 0 radical (unpaired) electrons. The van der Waals surface area contributed by atoms with Gasteiger partial charge in [0.25, 0.3) is 0 Å². The lowest BCUT2D eigenvalue weighted by molar-refractivity contribution is -0.139. The first kappa shape index (κ1) is 16.4. The topological polar surface area (TPSA) is 131 Å². The van der Waals surface area contributed by atoms with Gasteiger partial charge in [0.2, 0.25) is 0 Å². The maximum atomic E-state index is 10.7. The molecule has 0 saturated carbocycles. The third kappa shape index (κ3) is 5.87. The molecule has 1 unspecified atom stereocenters. The Hall–Kier alpha value is -2.67. The molecule has 7 heteroatoms. The highest BCUT2D eigenvalue weighted by molar-refractivity contribution is 5.75. The number of para-hydroxylation sites is 1. The summed E-state index contributed by atoms with van der Waals surface area (Å²) < 4.78 is 4.91. The Kier molecular flexibility index (Phi) is 6.09. The number of fused-ring (bicyclic) bond motifs is 1. The van der Waals surface area contributed by atoms with Crippen molar-refractivity contribution in [2.45, 2.75) is 18.9 Å². The maximum Gasteiger partial charge on any atom is 0.336 e. The van der Waals surface area contributed by atoms with Gasteiger partial charge in [-0.1, -0.05) is 18.2 Å². The van der Waals surface area contributed by atoms with Crippen molar-refractivity contribution in [1.82, 2.24) is 0 Å². The third-order valence-corrected chi connectivity index (χ3v) is 2.51. The van der Waals surface area contributed by atoms with Crippen LogP contribution in [-0.2, 0) is 9.59 Å². The second kappa shape index (κ2) is 7.81. The molecule has 21 heavy (non-hydrogen) atoms. The van der Waals surface area contributed by atoms with Crippen LogP contribution in [-0.4, -0.2) is 28.2 Å². The molecular formula is C14H15NO6. The van der Waals surface area contributed by atoms with Crippen molar-refractivity contribution in [1.29, 1.82) is 0 Å². The number of hydrogen-bond donors (Lipinski definition) is 3. The number of carboxylic acids is 2. The van der Waals surface area contributed by atoms with Crippen molar-refractivity contribution in [2.75, 3.05) is 0 Å². The van der Waals surface area contributed by atoms with Gasteiger partial charge in [-0.25, -0.2) is 4.79 Å². The molecule has 0 saturated heterocycles. The Bertz CT molecular complexity index is 678. The zero-order valence-electron chi connectivity index (χ0n) is 11.1. The lowest BCUT2D eigenvalue weighted by atomic mass is 10.2. The van der Waals surface area contributed by atoms with Gasteiger partial charge >= 0.3 is 17.6 Å². The molecule has 0 fully saturated rings. The summed E-state index contributed by atoms with van der Waals surface area (Å²) in [5, 5.41) is 17.2. The van der Waals surface area contributed by atoms with Gasteiger partial charge in [-0.05, 0) is 18.6 Å². The van der Waals surface area contributed by atoms with Crippen LogP contribution >= 0.6 is 0 Å². The predicted octanol–water partition coefficient (Wildman–Crippen LogP) is 1.06. The molecular weight excluding hydrogens is 278 g/mol. The molecule has 7 nitrogen and oxygen atoms in total. The predicted molar refractivity (Wildman–Crippen MR) is 75.0 cm³/mol. The summed E-state index contributed by atoms with van der Waals surface area (Å²) in [4.78, 5) is 30.6. The molecule has 2 aromatic rings. The van der Waals surface area contributed by atoms with E-state index in [9.17, 15) is 14.4 Å². The number of carboxylic acid groups (broad SMARTS) is 2. The zero-order chi connectivity index (χ0) is 15.8. The minimum Gasteiger partial charge on any atom is -0.481 e. The molecule has 1 aromatic carbocycles. The van der Waals surface area contributed by atoms with Gasteiger partial charge in [0.1, 0.15) is 11.6 Å². The standard InChI is InChI=1S/C9H6O2.C5H9NO4/c10-9-6-5-7-3-1-2-4-8(7)11-9;6-3(5(9)10)1-2-4(7)8/h1-6H;3H,1-2,6H2,(H,7,8)(H,9,10). The largest absolute Gasteiger partial charge is 0.481 e. The molecule has 4 N–H and O–H groups in total. The molecule has 0 aliphatic carbocycles. The van der Waals surface area contributed by atoms with Gasteiger partial charge in [0.05, 0.1) is 0 Å². The van der Waals surface area contributed by atoms with E-state index >= 15 is 0 Å². The molecule has 1 aromatic heterocycles. The van der Waals surface area contributed by atoms with Crippen molar-refractivity contribution in [2.24, 2.45) is 5.73 Å². The van der Waals surface area contributed by atoms with Crippen LogP contribution in [0.3, 0.4) is 0 Å². The summed E-state index contributed by atoms with van der Waals surface area (Å²) in [6.45, 7) is 0. The lowest BCUT2D eigenvalue weighted by Crippen LogP contribution is -2.30. The van der Waals surface area contributed by atoms with Crippen LogP contribution in [0.1, 0.15) is 12.8 Å². The van der Waals surface area contributed by atoms with Crippen LogP contribution in [0.4, 0.5) is 0 Å². The molecule has 1 atom stereocenters. The quantitative estimate of drug-likeness (QED) is 0.718. The molecule has 0 amide bonds. The van der Waals surface area contributed by atoms with Crippen molar-refractivity contribution in [3.05, 3.63) is 46.8 Å². The van der Waals surface area contributed by atoms with Gasteiger partial charge in [-0.15, -0.1) is 0 Å². The smallest absolute Gasteiger partial charge is 0.336 e. The number of benzene rings is 1. The minimum absolute atomic E-state index is 0.0231. The van der Waals surface area contributed by atoms with Gasteiger partial charge in [-0.2, -0.15) is 0 Å². The summed E-state index contributed by atoms with van der Waals surface area (Å²) in [7, 11) is 0. The molecule has 2 rings (SSSR count). The Morgan fingerprint density at radius 3 is 2.43 bits per heavy atom. The first-order valence-electron chi connectivity index (χ1n) is 6.09. The van der Waals surface area contributed by atoms with E-state index in [4.69, 9.17) is 20.4 Å². The molecule has 0 spiro atoms. The first-order valence-corrected chi connectivity index (χ1v) is 6.09. The Labute approximate surface area is 119 Å². The Morgan fingerprint density at radius 1 is 1.14 bits per heavy atom. The van der Waals surface area contributed by atoms with Crippen molar-refractivity contribution < 1.29 is 24.2 Å². The fourth-order valence-corrected chi connectivity index (χ4v) is 1.41. The molecule has 0 aliphatic heterocycles. The van der Waals surface area contributed by atoms with E-state index in [-0.39, 0.29) is 18.5 Å². The SMILES string of the molecule is NC(CCC(=O)O)C(=O)O.O=c1ccc2ccccc2o1. The number of nitrogens with two attached hydrogens (primary N) is 1. The Morgan fingerprint density at radius 2 is 1.81 bits per heavy atom. The second-order valence-corrected chi connectivity index (χ2v) is 4.17. The van der Waals surface area contributed by atoms with E-state index in [1.807, 2.05) is 18.2 Å². The van der Waals surface area contributed by atoms with E-state index < -0.39 is 18.0 Å². The normalized spacial score (nSPS) is 11.3. The van der Waals surface area contributed by atoms with Crippen LogP contribution in [0.15, 0.2) is 45.6 Å². The number of carbonyl (C=O) groups is 2. The van der Waals surface area contributed by atoms with Gasteiger partial charge < -0.3 is 20.4 Å². The van der Waals surface area contributed by atoms with E-state index in [1.54, 1.807) is 12.1 Å². The summed E-state index contributed by atoms with van der Waals surface area (Å²) >= 11 is 0. The van der Waals surface area contributed by atoms with Crippen LogP contribution < -0.4 is 11.4 Å². The van der Waals surface area contributed by atoms with Crippen molar-refractivity contribution >= 4 is 22.9 Å². The fraction of sp³-hybridized carbons (Fsp3) is 0.214. The highest BCUT2D eigenvalue weighted by atomic mass is 16.4. The van der Waals surface area contributed by atoms with Gasteiger partial charge in [0.15, 0.2) is 0 Å². The average molecular weight is 293 g/mol. The fourth-order valence-electron chi connectivity index (χ4n) is 1.41. The van der Waals surface area contributed by atoms with Gasteiger partial charge in [-0.3, -0.25) is 9.59 Å². The average Bonchev–Trinajstić information content (AvgIpc) is 2.45. The highest BCUT2D eigenvalue weighted by Crippen LogP contribution is 2.08. The molecule has 112 valence electrons. The van der Waals surface area contributed by atoms with Crippen molar-refractivity contribution in [3.63, 3.8) is 0 Å². The summed E-state index contributed by atoms with van der Waals surface area (Å²) in [6, 6.07) is 9.53. The second-order valence-electron chi connectivity index (χ2n) is 4.17. The number of hydrogen-bond acceptors (Lipinski definition) is 5. The van der Waals surface area contributed by atoms with Crippen molar-refractivity contribution in [3.8, 4) is 0 Å². The number of rotatable bonds is 4. The van der Waals surface area contributed by atoms with Crippen LogP contribution in [0, 0.1) is 0 Å². The Balaban J connectivity index is 0.000000212. The first-order chi connectivity index (χ1) is 9.90. The summed E-state index contributed by atoms with van der Waals surface area (Å²) in [6.07, 6.45) is -0.224. The monoisotopic (exact) mass is 293 g/mol. The van der Waals surface area contributed by atoms with E-state index in [0.29, 0.717) is 5.58 Å². The van der Waals surface area contributed by atoms with Gasteiger partial charge in [0, 0.05) is 17.9 Å². The highest BCUT2D eigenvalue weighted by Gasteiger charge is 2.12. The number of aliphatic carboxylic acids is 2. The molecule has 1 heterocycles. The third-order valence-electron chi connectivity index (χ3n) is 2.51. The molecule has 0 aliphatic rings. The van der Waals surface area contributed by atoms with Crippen LogP contribution in [0.2, 0.25) is 0 Å². The lowest BCUT2D eigenvalue weighted by Gasteiger charge is -2.01. The summed E-state index contributed by atoms with van der Waals surface area (Å²) in [5.74, 6) is -2.20. The van der Waals surface area contributed by atoms with Crippen LogP contribution in [0.25, 0.3) is 11.0 Å². The van der Waals surface area contributed by atoms with E-state index in [2.05, 4.69) is 0 Å². The van der Waals surface area contributed by atoms with E-state index in [0.717, 1.165) is 5.39 Å². The van der Waals surface area contributed by atoms with E-state index in [1.165, 1.54) is 6.07 Å². The molecule has 0 bridgehead atoms. The minimum atomic E-state index is -1.17. The van der Waals surface area contributed by atoms with Crippen LogP contribution in [0.5, 0.6) is 0 Å². The summed E-state index contributed by atoms with van der Waals surface area (Å²) in [5.41, 5.74) is 5.34. The zero-order valence-corrected chi connectivity index (χ0v) is 11.1.